The van der Waals surface area contributed by atoms with Crippen LogP contribution in [0.3, 0.4) is 0 Å². The van der Waals surface area contributed by atoms with E-state index in [1.165, 1.54) is 5.56 Å². The van der Waals surface area contributed by atoms with Crippen LogP contribution in [0.15, 0.2) is 42.5 Å². The molecule has 0 fully saturated rings. The first-order chi connectivity index (χ1) is 8.69. The number of halogens is 2. The molecule has 1 nitrogen and oxygen atoms in total. The Hall–Kier alpha value is -1.18. The molecule has 0 saturated heterocycles. The van der Waals surface area contributed by atoms with E-state index in [1.54, 1.807) is 0 Å². The van der Waals surface area contributed by atoms with Crippen LogP contribution in [0.5, 0.6) is 5.75 Å². The zero-order valence-corrected chi connectivity index (χ0v) is 11.6. The van der Waals surface area contributed by atoms with E-state index in [0.29, 0.717) is 16.7 Å². The summed E-state index contributed by atoms with van der Waals surface area (Å²) in [6.07, 6.45) is 0.837. The first-order valence-electron chi connectivity index (χ1n) is 5.84. The van der Waals surface area contributed by atoms with Gasteiger partial charge in [0.15, 0.2) is 0 Å². The van der Waals surface area contributed by atoms with E-state index in [4.69, 9.17) is 27.9 Å². The molecule has 18 heavy (non-hydrogen) atoms. The quantitative estimate of drug-likeness (QED) is 0.767. The maximum atomic E-state index is 5.99. The fraction of sp³-hybridized carbons (Fsp3) is 0.200. The van der Waals surface area contributed by atoms with Crippen molar-refractivity contribution < 1.29 is 4.74 Å². The molecule has 0 aliphatic rings. The Morgan fingerprint density at radius 3 is 2.17 bits per heavy atom. The molecule has 0 spiro atoms. The number of ether oxygens (including phenoxy) is 1. The number of hydrogen-bond acceptors (Lipinski definition) is 1. The van der Waals surface area contributed by atoms with Crippen LogP contribution in [0.2, 0.25) is 10.0 Å². The normalized spacial score (nSPS) is 10.4. The largest absolute Gasteiger partial charge is 0.494 e. The lowest BCUT2D eigenvalue weighted by Gasteiger charge is -2.06. The Morgan fingerprint density at radius 2 is 1.56 bits per heavy atom. The molecule has 2 aromatic rings. The highest BCUT2D eigenvalue weighted by molar-refractivity contribution is 6.42. The summed E-state index contributed by atoms with van der Waals surface area (Å²) in [5.74, 6) is 0.899. The lowest BCUT2D eigenvalue weighted by Crippen LogP contribution is -1.92. The number of benzene rings is 2. The van der Waals surface area contributed by atoms with Gasteiger partial charge in [-0.2, -0.15) is 0 Å². The topological polar surface area (TPSA) is 9.23 Å². The predicted octanol–water partition coefficient (Wildman–Crippen LogP) is 4.98. The minimum Gasteiger partial charge on any atom is -0.494 e. The van der Waals surface area contributed by atoms with Crippen molar-refractivity contribution in [2.45, 2.75) is 13.3 Å². The zero-order chi connectivity index (χ0) is 13.0. The van der Waals surface area contributed by atoms with E-state index in [2.05, 4.69) is 12.1 Å². The van der Waals surface area contributed by atoms with E-state index in [0.717, 1.165) is 17.7 Å². The lowest BCUT2D eigenvalue weighted by atomic mass is 10.1. The van der Waals surface area contributed by atoms with E-state index in [1.807, 2.05) is 37.3 Å². The fourth-order valence-electron chi connectivity index (χ4n) is 1.76. The molecule has 94 valence electrons. The summed E-state index contributed by atoms with van der Waals surface area (Å²) < 4.78 is 5.41. The summed E-state index contributed by atoms with van der Waals surface area (Å²) in [6, 6.07) is 13.8. The third-order valence-electron chi connectivity index (χ3n) is 2.63. The third-order valence-corrected chi connectivity index (χ3v) is 3.37. The van der Waals surface area contributed by atoms with Crippen molar-refractivity contribution in [1.29, 1.82) is 0 Å². The van der Waals surface area contributed by atoms with E-state index >= 15 is 0 Å². The van der Waals surface area contributed by atoms with Crippen molar-refractivity contribution in [2.75, 3.05) is 6.61 Å². The summed E-state index contributed by atoms with van der Waals surface area (Å²) in [5, 5.41) is 1.19. The fourth-order valence-corrected chi connectivity index (χ4v) is 2.08. The highest BCUT2D eigenvalue weighted by atomic mass is 35.5. The molecule has 3 heteroatoms. The van der Waals surface area contributed by atoms with Gasteiger partial charge in [0.05, 0.1) is 16.7 Å². The van der Waals surface area contributed by atoms with Gasteiger partial charge in [-0.15, -0.1) is 0 Å². The molecule has 0 unspecified atom stereocenters. The summed E-state index contributed by atoms with van der Waals surface area (Å²) >= 11 is 11.9. The Labute approximate surface area is 117 Å². The Bertz CT molecular complexity index is 521. The van der Waals surface area contributed by atoms with Crippen LogP contribution < -0.4 is 4.74 Å². The molecule has 0 aromatic heterocycles. The van der Waals surface area contributed by atoms with Gasteiger partial charge in [-0.25, -0.2) is 0 Å². The monoisotopic (exact) mass is 280 g/mol. The van der Waals surface area contributed by atoms with Crippen LogP contribution in [0.4, 0.5) is 0 Å². The SMILES string of the molecule is CCOc1ccc(Cc2ccc(Cl)c(Cl)c2)cc1. The first-order valence-corrected chi connectivity index (χ1v) is 6.60. The third kappa shape index (κ3) is 3.41. The van der Waals surface area contributed by atoms with Gasteiger partial charge in [-0.1, -0.05) is 41.4 Å². The van der Waals surface area contributed by atoms with Gasteiger partial charge in [0.1, 0.15) is 5.75 Å². The van der Waals surface area contributed by atoms with Crippen LogP contribution in [-0.4, -0.2) is 6.61 Å². The van der Waals surface area contributed by atoms with Gasteiger partial charge in [0, 0.05) is 0 Å². The summed E-state index contributed by atoms with van der Waals surface area (Å²) in [7, 11) is 0. The molecular formula is C15H14Cl2O. The number of rotatable bonds is 4. The van der Waals surface area contributed by atoms with Crippen molar-refractivity contribution in [3.8, 4) is 5.75 Å². The van der Waals surface area contributed by atoms with Gasteiger partial charge in [-0.05, 0) is 48.7 Å². The van der Waals surface area contributed by atoms with Gasteiger partial charge in [0.2, 0.25) is 0 Å². The molecule has 2 rings (SSSR count). The van der Waals surface area contributed by atoms with E-state index in [-0.39, 0.29) is 0 Å². The maximum absolute atomic E-state index is 5.99. The minimum absolute atomic E-state index is 0.590. The average molecular weight is 281 g/mol. The zero-order valence-electron chi connectivity index (χ0n) is 10.1. The van der Waals surface area contributed by atoms with Crippen LogP contribution in [0.1, 0.15) is 18.1 Å². The molecule has 0 heterocycles. The van der Waals surface area contributed by atoms with Crippen molar-refractivity contribution in [3.05, 3.63) is 63.6 Å². The molecule has 0 atom stereocenters. The molecule has 0 aliphatic carbocycles. The number of hydrogen-bond donors (Lipinski definition) is 0. The molecule has 0 bridgehead atoms. The van der Waals surface area contributed by atoms with Crippen molar-refractivity contribution >= 4 is 23.2 Å². The van der Waals surface area contributed by atoms with Gasteiger partial charge >= 0.3 is 0 Å². The Kier molecular flexibility index (Phi) is 4.51. The highest BCUT2D eigenvalue weighted by Crippen LogP contribution is 2.24. The summed E-state index contributed by atoms with van der Waals surface area (Å²) in [5.41, 5.74) is 2.37. The lowest BCUT2D eigenvalue weighted by molar-refractivity contribution is 0.340. The second kappa shape index (κ2) is 6.12. The molecule has 0 aliphatic heterocycles. The average Bonchev–Trinajstić information content (AvgIpc) is 2.37. The minimum atomic E-state index is 0.590. The maximum Gasteiger partial charge on any atom is 0.119 e. The van der Waals surface area contributed by atoms with Gasteiger partial charge in [0.25, 0.3) is 0 Å². The molecule has 0 radical (unpaired) electrons. The Morgan fingerprint density at radius 1 is 0.889 bits per heavy atom. The van der Waals surface area contributed by atoms with Crippen molar-refractivity contribution in [3.63, 3.8) is 0 Å². The van der Waals surface area contributed by atoms with Crippen LogP contribution in [0.25, 0.3) is 0 Å². The predicted molar refractivity (Wildman–Crippen MR) is 76.9 cm³/mol. The highest BCUT2D eigenvalue weighted by Gasteiger charge is 2.01. The van der Waals surface area contributed by atoms with Crippen LogP contribution >= 0.6 is 23.2 Å². The van der Waals surface area contributed by atoms with E-state index in [9.17, 15) is 0 Å². The molecular weight excluding hydrogens is 267 g/mol. The summed E-state index contributed by atoms with van der Waals surface area (Å²) in [6.45, 7) is 2.66. The van der Waals surface area contributed by atoms with Crippen molar-refractivity contribution in [1.82, 2.24) is 0 Å². The van der Waals surface area contributed by atoms with Crippen LogP contribution in [-0.2, 0) is 6.42 Å². The van der Waals surface area contributed by atoms with Gasteiger partial charge in [-0.3, -0.25) is 0 Å². The van der Waals surface area contributed by atoms with Crippen LogP contribution in [0, 0.1) is 0 Å². The summed E-state index contributed by atoms with van der Waals surface area (Å²) in [4.78, 5) is 0. The van der Waals surface area contributed by atoms with E-state index < -0.39 is 0 Å². The molecule has 0 saturated carbocycles. The second-order valence-corrected chi connectivity index (χ2v) is 4.82. The standard InChI is InChI=1S/C15H14Cl2O/c1-2-18-13-6-3-11(4-7-13)9-12-5-8-14(16)15(17)10-12/h3-8,10H,2,9H2,1H3. The second-order valence-electron chi connectivity index (χ2n) is 4.00. The van der Waals surface area contributed by atoms with Gasteiger partial charge < -0.3 is 4.74 Å². The van der Waals surface area contributed by atoms with Crippen molar-refractivity contribution in [2.24, 2.45) is 0 Å². The molecule has 0 amide bonds. The smallest absolute Gasteiger partial charge is 0.119 e. The molecule has 0 N–H and O–H groups in total. The molecule has 2 aromatic carbocycles. The Balaban J connectivity index is 2.10. The first kappa shape index (κ1) is 13.3.